The van der Waals surface area contributed by atoms with Crippen molar-refractivity contribution in [3.63, 3.8) is 0 Å². The molecule has 0 aliphatic rings. The highest BCUT2D eigenvalue weighted by atomic mass is 16.5. The number of benzene rings is 1. The minimum Gasteiger partial charge on any atom is -0.465 e. The minimum atomic E-state index is -0.561. The van der Waals surface area contributed by atoms with Crippen LogP contribution in [0.25, 0.3) is 0 Å². The van der Waals surface area contributed by atoms with Crippen molar-refractivity contribution in [1.82, 2.24) is 0 Å². The van der Waals surface area contributed by atoms with Crippen molar-refractivity contribution >= 4 is 5.97 Å². The van der Waals surface area contributed by atoms with Crippen LogP contribution in [-0.4, -0.2) is 12.6 Å². The molecule has 1 rings (SSSR count). The van der Waals surface area contributed by atoms with Gasteiger partial charge < -0.3 is 4.74 Å². The first kappa shape index (κ1) is 12.8. The zero-order valence-electron chi connectivity index (χ0n) is 10.3. The number of esters is 1. The van der Waals surface area contributed by atoms with E-state index >= 15 is 0 Å². The molecule has 88 valence electrons. The summed E-state index contributed by atoms with van der Waals surface area (Å²) in [5.74, 6) is -0.146. The molecule has 0 bridgehead atoms. The second-order valence-corrected chi connectivity index (χ2v) is 4.48. The van der Waals surface area contributed by atoms with Gasteiger partial charge in [-0.25, -0.2) is 0 Å². The average molecular weight is 220 g/mol. The van der Waals surface area contributed by atoms with E-state index in [9.17, 15) is 4.79 Å². The molecule has 0 aromatic heterocycles. The Morgan fingerprint density at radius 3 is 2.44 bits per heavy atom. The Balaban J connectivity index is 2.66. The third-order valence-corrected chi connectivity index (χ3v) is 2.74. The molecule has 0 fully saturated rings. The lowest BCUT2D eigenvalue weighted by Crippen LogP contribution is -2.31. The van der Waals surface area contributed by atoms with Crippen LogP contribution in [0, 0.1) is 0 Å². The monoisotopic (exact) mass is 220 g/mol. The Bertz CT molecular complexity index is 328. The summed E-state index contributed by atoms with van der Waals surface area (Å²) in [5.41, 5.74) is 0.436. The second-order valence-electron chi connectivity index (χ2n) is 4.48. The summed E-state index contributed by atoms with van der Waals surface area (Å²) in [6.45, 7) is 6.40. The Morgan fingerprint density at radius 2 is 1.88 bits per heavy atom. The van der Waals surface area contributed by atoms with Crippen LogP contribution in [0.5, 0.6) is 0 Å². The molecule has 2 nitrogen and oxygen atoms in total. The third kappa shape index (κ3) is 3.09. The van der Waals surface area contributed by atoms with E-state index in [2.05, 4.69) is 6.92 Å². The van der Waals surface area contributed by atoms with Crippen molar-refractivity contribution in [2.24, 2.45) is 0 Å². The molecule has 0 radical (unpaired) electrons. The number of carbonyl (C=O) groups excluding carboxylic acids is 1. The van der Waals surface area contributed by atoms with E-state index in [1.807, 2.05) is 44.2 Å². The summed E-state index contributed by atoms with van der Waals surface area (Å²) in [6, 6.07) is 9.75. The molecular weight excluding hydrogens is 200 g/mol. The summed E-state index contributed by atoms with van der Waals surface area (Å²) >= 11 is 0. The molecule has 0 N–H and O–H groups in total. The van der Waals surface area contributed by atoms with E-state index in [0.717, 1.165) is 18.4 Å². The fourth-order valence-electron chi connectivity index (χ4n) is 1.46. The lowest BCUT2D eigenvalue weighted by atomic mass is 9.85. The smallest absolute Gasteiger partial charge is 0.315 e. The van der Waals surface area contributed by atoms with Crippen molar-refractivity contribution in [1.29, 1.82) is 0 Å². The predicted molar refractivity (Wildman–Crippen MR) is 65.3 cm³/mol. The van der Waals surface area contributed by atoms with E-state index in [4.69, 9.17) is 4.74 Å². The normalized spacial score (nSPS) is 11.2. The maximum absolute atomic E-state index is 11.9. The van der Waals surface area contributed by atoms with E-state index in [1.54, 1.807) is 0 Å². The Kier molecular flexibility index (Phi) is 4.53. The number of hydrogen-bond acceptors (Lipinski definition) is 2. The van der Waals surface area contributed by atoms with Gasteiger partial charge in [-0.15, -0.1) is 0 Å². The van der Waals surface area contributed by atoms with Gasteiger partial charge in [-0.05, 0) is 25.8 Å². The van der Waals surface area contributed by atoms with Crippen LogP contribution in [0.4, 0.5) is 0 Å². The summed E-state index contributed by atoms with van der Waals surface area (Å²) < 4.78 is 5.26. The number of carbonyl (C=O) groups is 1. The van der Waals surface area contributed by atoms with Crippen LogP contribution in [0.1, 0.15) is 39.2 Å². The molecule has 1 aromatic carbocycles. The molecule has 0 aliphatic heterocycles. The third-order valence-electron chi connectivity index (χ3n) is 2.74. The highest BCUT2D eigenvalue weighted by molar-refractivity contribution is 5.82. The molecule has 0 spiro atoms. The zero-order valence-corrected chi connectivity index (χ0v) is 10.3. The lowest BCUT2D eigenvalue weighted by Gasteiger charge is -2.22. The Hall–Kier alpha value is -1.31. The number of rotatable bonds is 5. The van der Waals surface area contributed by atoms with E-state index in [0.29, 0.717) is 6.61 Å². The maximum atomic E-state index is 11.9. The first-order chi connectivity index (χ1) is 7.59. The zero-order chi connectivity index (χ0) is 12.0. The van der Waals surface area contributed by atoms with Gasteiger partial charge >= 0.3 is 5.97 Å². The van der Waals surface area contributed by atoms with Crippen LogP contribution in [0.3, 0.4) is 0 Å². The van der Waals surface area contributed by atoms with Gasteiger partial charge in [0.2, 0.25) is 0 Å². The molecule has 2 heteroatoms. The lowest BCUT2D eigenvalue weighted by molar-refractivity contribution is -0.149. The van der Waals surface area contributed by atoms with Crippen molar-refractivity contribution < 1.29 is 9.53 Å². The molecule has 0 heterocycles. The van der Waals surface area contributed by atoms with Crippen molar-refractivity contribution in [2.45, 2.75) is 39.0 Å². The van der Waals surface area contributed by atoms with E-state index in [1.165, 1.54) is 0 Å². The first-order valence-electron chi connectivity index (χ1n) is 5.81. The van der Waals surface area contributed by atoms with Crippen molar-refractivity contribution in [3.8, 4) is 0 Å². The maximum Gasteiger partial charge on any atom is 0.315 e. The highest BCUT2D eigenvalue weighted by Gasteiger charge is 2.30. The average Bonchev–Trinajstić information content (AvgIpc) is 2.30. The quantitative estimate of drug-likeness (QED) is 0.562. The first-order valence-corrected chi connectivity index (χ1v) is 5.81. The molecule has 0 saturated heterocycles. The summed E-state index contributed by atoms with van der Waals surface area (Å²) in [5, 5.41) is 0. The Morgan fingerprint density at radius 1 is 1.25 bits per heavy atom. The van der Waals surface area contributed by atoms with Crippen LogP contribution in [0.2, 0.25) is 0 Å². The van der Waals surface area contributed by atoms with Crippen molar-refractivity contribution in [3.05, 3.63) is 35.9 Å². The van der Waals surface area contributed by atoms with Gasteiger partial charge in [0, 0.05) is 0 Å². The molecule has 0 atom stereocenters. The Labute approximate surface area is 97.6 Å². The molecule has 0 unspecified atom stereocenters. The van der Waals surface area contributed by atoms with Crippen LogP contribution >= 0.6 is 0 Å². The van der Waals surface area contributed by atoms with E-state index < -0.39 is 5.41 Å². The molecule has 0 aliphatic carbocycles. The van der Waals surface area contributed by atoms with Gasteiger partial charge in [-0.1, -0.05) is 43.7 Å². The second kappa shape index (κ2) is 5.69. The number of hydrogen-bond donors (Lipinski definition) is 0. The molecule has 16 heavy (non-hydrogen) atoms. The fourth-order valence-corrected chi connectivity index (χ4v) is 1.46. The highest BCUT2D eigenvalue weighted by Crippen LogP contribution is 2.24. The molecule has 1 aromatic rings. The van der Waals surface area contributed by atoms with Crippen LogP contribution < -0.4 is 0 Å². The van der Waals surface area contributed by atoms with Gasteiger partial charge in [0.15, 0.2) is 0 Å². The van der Waals surface area contributed by atoms with Gasteiger partial charge in [0.1, 0.15) is 0 Å². The molecule has 0 amide bonds. The minimum absolute atomic E-state index is 0.146. The van der Waals surface area contributed by atoms with Crippen molar-refractivity contribution in [2.75, 3.05) is 6.61 Å². The van der Waals surface area contributed by atoms with Gasteiger partial charge in [0.05, 0.1) is 12.0 Å². The molecule has 0 saturated carbocycles. The van der Waals surface area contributed by atoms with Gasteiger partial charge in [-0.3, -0.25) is 4.79 Å². The number of ether oxygens (including phenoxy) is 1. The largest absolute Gasteiger partial charge is 0.465 e. The van der Waals surface area contributed by atoms with Gasteiger partial charge in [0.25, 0.3) is 0 Å². The summed E-state index contributed by atoms with van der Waals surface area (Å²) in [7, 11) is 0. The van der Waals surface area contributed by atoms with Gasteiger partial charge in [-0.2, -0.15) is 0 Å². The van der Waals surface area contributed by atoms with E-state index in [-0.39, 0.29) is 5.97 Å². The van der Waals surface area contributed by atoms with Crippen LogP contribution in [-0.2, 0) is 14.9 Å². The fraction of sp³-hybridized carbons (Fsp3) is 0.500. The standard InChI is InChI=1S/C14H20O2/c1-4-5-11-16-13(15)14(2,3)12-9-7-6-8-10-12/h6-10H,4-5,11H2,1-3H3. The summed E-state index contributed by atoms with van der Waals surface area (Å²) in [6.07, 6.45) is 1.97. The summed E-state index contributed by atoms with van der Waals surface area (Å²) in [4.78, 5) is 11.9. The SMILES string of the molecule is CCCCOC(=O)C(C)(C)c1ccccc1. The topological polar surface area (TPSA) is 26.3 Å². The molecular formula is C14H20O2. The predicted octanol–water partition coefficient (Wildman–Crippen LogP) is 3.31. The van der Waals surface area contributed by atoms with Crippen LogP contribution in [0.15, 0.2) is 30.3 Å². The number of unbranched alkanes of at least 4 members (excludes halogenated alkanes) is 1.